The summed E-state index contributed by atoms with van der Waals surface area (Å²) >= 11 is 0. The molecule has 2 N–H and O–H groups in total. The number of alkyl halides is 6. The van der Waals surface area contributed by atoms with Crippen LogP contribution in [0.4, 0.5) is 30.7 Å². The zero-order valence-corrected chi connectivity index (χ0v) is 18.8. The number of halogens is 7. The molecule has 0 radical (unpaired) electrons. The Bertz CT molecular complexity index is 1530. The van der Waals surface area contributed by atoms with Crippen LogP contribution in [0, 0.1) is 5.82 Å². The Labute approximate surface area is 208 Å². The molecule has 0 aliphatic carbocycles. The van der Waals surface area contributed by atoms with Crippen LogP contribution >= 0.6 is 0 Å². The van der Waals surface area contributed by atoms with Crippen molar-refractivity contribution in [2.24, 2.45) is 0 Å². The lowest BCUT2D eigenvalue weighted by molar-refractivity contribution is -0.143. The minimum Gasteiger partial charge on any atom is -0.417 e. The summed E-state index contributed by atoms with van der Waals surface area (Å²) in [5.74, 6) is -1.27. The Morgan fingerprint density at radius 1 is 0.947 bits per heavy atom. The number of hydrogen-bond donors (Lipinski definition) is 2. The lowest BCUT2D eigenvalue weighted by atomic mass is 9.87. The second-order valence-electron chi connectivity index (χ2n) is 8.31. The molecule has 3 heterocycles. The van der Waals surface area contributed by atoms with Crippen molar-refractivity contribution in [3.05, 3.63) is 87.8 Å². The number of rotatable bonds is 4. The van der Waals surface area contributed by atoms with Crippen molar-refractivity contribution in [1.82, 2.24) is 25.7 Å². The molecule has 38 heavy (non-hydrogen) atoms. The Kier molecular flexibility index (Phi) is 6.04. The molecule has 7 nitrogen and oxygen atoms in total. The van der Waals surface area contributed by atoms with Crippen LogP contribution < -0.4 is 5.32 Å². The molecular weight excluding hydrogens is 523 g/mol. The molecule has 196 valence electrons. The van der Waals surface area contributed by atoms with Gasteiger partial charge in [-0.05, 0) is 60.5 Å². The molecule has 0 bridgehead atoms. The summed E-state index contributed by atoms with van der Waals surface area (Å²) in [6.07, 6.45) is -7.71. The third-order valence-corrected chi connectivity index (χ3v) is 5.76. The van der Waals surface area contributed by atoms with Gasteiger partial charge in [-0.3, -0.25) is 9.89 Å². The van der Waals surface area contributed by atoms with Gasteiger partial charge in [0, 0.05) is 17.2 Å². The Morgan fingerprint density at radius 3 is 2.37 bits per heavy atom. The highest BCUT2D eigenvalue weighted by atomic mass is 19.4. The van der Waals surface area contributed by atoms with Gasteiger partial charge in [0.05, 0.1) is 28.6 Å². The normalized spacial score (nSPS) is 16.1. The molecule has 4 aromatic rings. The summed E-state index contributed by atoms with van der Waals surface area (Å²) in [7, 11) is 0. The summed E-state index contributed by atoms with van der Waals surface area (Å²) < 4.78 is 98.9. The zero-order chi connectivity index (χ0) is 27.2. The summed E-state index contributed by atoms with van der Waals surface area (Å²) in [6, 6.07) is 6.26. The summed E-state index contributed by atoms with van der Waals surface area (Å²) in [5.41, 5.74) is -3.28. The number of carbonyl (C=O) groups is 1. The van der Waals surface area contributed by atoms with Gasteiger partial charge in [-0.1, -0.05) is 0 Å². The highest BCUT2D eigenvalue weighted by Crippen LogP contribution is 2.41. The van der Waals surface area contributed by atoms with E-state index in [1.165, 1.54) is 42.5 Å². The van der Waals surface area contributed by atoms with Crippen molar-refractivity contribution in [2.75, 3.05) is 0 Å². The number of nitrogens with zero attached hydrogens (tertiary/aromatic N) is 3. The van der Waals surface area contributed by atoms with Gasteiger partial charge in [0.15, 0.2) is 0 Å². The van der Waals surface area contributed by atoms with Gasteiger partial charge < -0.3 is 9.73 Å². The monoisotopic (exact) mass is 537 g/mol. The third-order valence-electron chi connectivity index (χ3n) is 5.76. The van der Waals surface area contributed by atoms with Crippen LogP contribution in [0.3, 0.4) is 0 Å². The van der Waals surface area contributed by atoms with Crippen LogP contribution in [0.5, 0.6) is 0 Å². The van der Waals surface area contributed by atoms with Crippen LogP contribution in [0.15, 0.2) is 46.9 Å². The van der Waals surface area contributed by atoms with E-state index in [0.717, 1.165) is 0 Å². The molecule has 1 aliphatic rings. The van der Waals surface area contributed by atoms with E-state index < -0.39 is 58.8 Å². The van der Waals surface area contributed by atoms with E-state index in [-0.39, 0.29) is 23.5 Å². The lowest BCUT2D eigenvalue weighted by Gasteiger charge is -2.28. The standard InChI is InChI=1S/C24H14F7N5O2/c25-13-3-1-11(2-4-13)22-36-35-20(38-22)6-5-14-9-19(34-33-14)18-10-15-16(21(37)32-18)7-12(23(26,27)28)8-17(15)24(29,30)31/h1-9,18H,10H2,(H,32,37)(H,33,34)/b6-5+. The quantitative estimate of drug-likeness (QED) is 0.319. The number of hydrogen-bond acceptors (Lipinski definition) is 5. The van der Waals surface area contributed by atoms with Gasteiger partial charge in [0.25, 0.3) is 5.91 Å². The smallest absolute Gasteiger partial charge is 0.416 e. The van der Waals surface area contributed by atoms with Crippen LogP contribution in [0.25, 0.3) is 23.6 Å². The summed E-state index contributed by atoms with van der Waals surface area (Å²) in [6.45, 7) is 0. The highest BCUT2D eigenvalue weighted by Gasteiger charge is 2.42. The molecule has 5 rings (SSSR count). The number of carbonyl (C=O) groups excluding carboxylic acids is 1. The van der Waals surface area contributed by atoms with Crippen LogP contribution in [-0.2, 0) is 18.8 Å². The molecule has 2 aromatic carbocycles. The van der Waals surface area contributed by atoms with Gasteiger partial charge in [-0.2, -0.15) is 31.4 Å². The molecule has 0 saturated carbocycles. The molecule has 1 unspecified atom stereocenters. The van der Waals surface area contributed by atoms with Crippen LogP contribution in [0.1, 0.15) is 50.4 Å². The maximum Gasteiger partial charge on any atom is 0.416 e. The molecular formula is C24H14F7N5O2. The molecule has 1 atom stereocenters. The van der Waals surface area contributed by atoms with E-state index in [2.05, 4.69) is 25.7 Å². The molecule has 1 aliphatic heterocycles. The van der Waals surface area contributed by atoms with Gasteiger partial charge >= 0.3 is 12.4 Å². The van der Waals surface area contributed by atoms with Crippen molar-refractivity contribution in [3.8, 4) is 11.5 Å². The number of aromatic nitrogens is 4. The first-order chi connectivity index (χ1) is 17.9. The van der Waals surface area contributed by atoms with Crippen LogP contribution in [-0.4, -0.2) is 26.3 Å². The minimum absolute atomic E-state index is 0.0141. The van der Waals surface area contributed by atoms with Gasteiger partial charge in [-0.25, -0.2) is 4.39 Å². The minimum atomic E-state index is -5.10. The van der Waals surface area contributed by atoms with Crippen molar-refractivity contribution >= 4 is 18.1 Å². The number of benzene rings is 2. The zero-order valence-electron chi connectivity index (χ0n) is 18.8. The van der Waals surface area contributed by atoms with E-state index in [1.54, 1.807) is 0 Å². The van der Waals surface area contributed by atoms with E-state index >= 15 is 0 Å². The second kappa shape index (κ2) is 9.11. The van der Waals surface area contributed by atoms with Gasteiger partial charge in [-0.15, -0.1) is 10.2 Å². The van der Waals surface area contributed by atoms with Crippen molar-refractivity contribution in [2.45, 2.75) is 24.8 Å². The Morgan fingerprint density at radius 2 is 1.68 bits per heavy atom. The first kappa shape index (κ1) is 25.2. The van der Waals surface area contributed by atoms with E-state index in [4.69, 9.17) is 4.42 Å². The fraction of sp³-hybridized carbons (Fsp3) is 0.167. The van der Waals surface area contributed by atoms with Crippen molar-refractivity contribution < 1.29 is 39.9 Å². The number of amides is 1. The molecule has 0 fully saturated rings. The first-order valence-electron chi connectivity index (χ1n) is 10.8. The first-order valence-corrected chi connectivity index (χ1v) is 10.8. The highest BCUT2D eigenvalue weighted by molar-refractivity contribution is 5.97. The number of H-pyrrole nitrogens is 1. The maximum atomic E-state index is 13.6. The molecule has 2 aromatic heterocycles. The predicted octanol–water partition coefficient (Wildman–Crippen LogP) is 5.83. The Balaban J connectivity index is 1.37. The molecule has 0 saturated heterocycles. The Hall–Kier alpha value is -4.49. The predicted molar refractivity (Wildman–Crippen MR) is 118 cm³/mol. The average Bonchev–Trinajstić information content (AvgIpc) is 3.51. The molecule has 0 spiro atoms. The van der Waals surface area contributed by atoms with Crippen molar-refractivity contribution in [1.29, 1.82) is 0 Å². The number of aromatic amines is 1. The number of nitrogens with one attached hydrogen (secondary N) is 2. The fourth-order valence-electron chi connectivity index (χ4n) is 3.97. The summed E-state index contributed by atoms with van der Waals surface area (Å²) in [5, 5.41) is 16.7. The summed E-state index contributed by atoms with van der Waals surface area (Å²) in [4.78, 5) is 12.5. The van der Waals surface area contributed by atoms with Crippen molar-refractivity contribution in [3.63, 3.8) is 0 Å². The second-order valence-corrected chi connectivity index (χ2v) is 8.31. The number of fused-ring (bicyclic) bond motifs is 1. The average molecular weight is 537 g/mol. The maximum absolute atomic E-state index is 13.6. The topological polar surface area (TPSA) is 96.7 Å². The lowest BCUT2D eigenvalue weighted by Crippen LogP contribution is -2.37. The van der Waals surface area contributed by atoms with E-state index in [1.807, 2.05) is 0 Å². The van der Waals surface area contributed by atoms with Gasteiger partial charge in [0.1, 0.15) is 5.82 Å². The fourth-order valence-corrected chi connectivity index (χ4v) is 3.97. The van der Waals surface area contributed by atoms with Crippen LogP contribution in [0.2, 0.25) is 0 Å². The van der Waals surface area contributed by atoms with E-state index in [0.29, 0.717) is 17.3 Å². The van der Waals surface area contributed by atoms with E-state index in [9.17, 15) is 35.5 Å². The SMILES string of the molecule is O=C1NC(c2cc(/C=C/c3nnc(-c4ccc(F)cc4)o3)n[nH]2)Cc2c1cc(C(F)(F)F)cc2C(F)(F)F. The molecule has 1 amide bonds. The third kappa shape index (κ3) is 5.01. The largest absolute Gasteiger partial charge is 0.417 e. The molecule has 14 heteroatoms. The van der Waals surface area contributed by atoms with Gasteiger partial charge in [0.2, 0.25) is 11.8 Å².